The lowest BCUT2D eigenvalue weighted by Gasteiger charge is -2.24. The molecule has 39 heavy (non-hydrogen) atoms. The number of ether oxygens (including phenoxy) is 1. The molecule has 5 aromatic carbocycles. The molecular weight excluding hydrogens is 476 g/mol. The van der Waals surface area contributed by atoms with Gasteiger partial charge in [-0.25, -0.2) is 0 Å². The lowest BCUT2D eigenvalue weighted by atomic mass is 9.73. The van der Waals surface area contributed by atoms with Crippen LogP contribution in [0.3, 0.4) is 0 Å². The topological polar surface area (TPSA) is 15.5 Å². The van der Waals surface area contributed by atoms with Gasteiger partial charge in [0.2, 0.25) is 5.69 Å². The Morgan fingerprint density at radius 3 is 2.38 bits per heavy atom. The number of allylic oxidation sites excluding steroid dienone is 3. The Morgan fingerprint density at radius 2 is 1.54 bits per heavy atom. The molecule has 3 nitrogen and oxygen atoms in total. The largest absolute Gasteiger partial charge is 0.439 e. The molecule has 3 heteroatoms. The van der Waals surface area contributed by atoms with Gasteiger partial charge in [-0.1, -0.05) is 84.9 Å². The maximum absolute atomic E-state index is 6.13. The minimum atomic E-state index is -0.214. The van der Waals surface area contributed by atoms with E-state index in [0.717, 1.165) is 23.7 Å². The molecule has 0 fully saturated rings. The summed E-state index contributed by atoms with van der Waals surface area (Å²) in [5.74, 6) is 1.72. The molecule has 0 saturated carbocycles. The van der Waals surface area contributed by atoms with Crippen molar-refractivity contribution in [3.63, 3.8) is 0 Å². The Labute approximate surface area is 229 Å². The first kappa shape index (κ1) is 23.5. The third kappa shape index (κ3) is 3.77. The van der Waals surface area contributed by atoms with Crippen LogP contribution < -0.4 is 9.64 Å². The molecule has 5 aromatic rings. The van der Waals surface area contributed by atoms with Crippen LogP contribution in [0.5, 0.6) is 5.75 Å². The summed E-state index contributed by atoms with van der Waals surface area (Å²) in [5.41, 5.74) is 6.15. The molecule has 0 spiro atoms. The Hall–Kier alpha value is -4.63. The molecule has 7 rings (SSSR count). The van der Waals surface area contributed by atoms with Crippen LogP contribution in [-0.2, 0) is 11.8 Å². The summed E-state index contributed by atoms with van der Waals surface area (Å²) in [7, 11) is 4.24. The average Bonchev–Trinajstić information content (AvgIpc) is 3.39. The van der Waals surface area contributed by atoms with Crippen LogP contribution in [0.25, 0.3) is 21.5 Å². The molecule has 0 saturated heterocycles. The van der Waals surface area contributed by atoms with Crippen molar-refractivity contribution in [2.45, 2.75) is 18.8 Å². The van der Waals surface area contributed by atoms with E-state index in [4.69, 9.17) is 4.74 Å². The maximum Gasteiger partial charge on any atom is 0.210 e. The minimum absolute atomic E-state index is 0.214. The summed E-state index contributed by atoms with van der Waals surface area (Å²) in [6.45, 7) is 2.40. The molecule has 0 N–H and O–H groups in total. The van der Waals surface area contributed by atoms with Crippen LogP contribution >= 0.6 is 0 Å². The highest BCUT2D eigenvalue weighted by Gasteiger charge is 2.47. The second-order valence-electron chi connectivity index (χ2n) is 10.8. The minimum Gasteiger partial charge on any atom is -0.439 e. The normalized spacial score (nSPS) is 19.4. The molecular formula is C36H31N2O+. The molecule has 0 bridgehead atoms. The van der Waals surface area contributed by atoms with Crippen LogP contribution in [0.1, 0.15) is 18.1 Å². The average molecular weight is 508 g/mol. The second kappa shape index (κ2) is 8.99. The van der Waals surface area contributed by atoms with E-state index in [1.165, 1.54) is 44.1 Å². The van der Waals surface area contributed by atoms with Crippen molar-refractivity contribution < 1.29 is 9.31 Å². The Bertz CT molecular complexity index is 1860. The fourth-order valence-electron chi connectivity index (χ4n) is 6.47. The zero-order valence-electron chi connectivity index (χ0n) is 22.6. The Kier molecular flexibility index (Phi) is 5.41. The summed E-state index contributed by atoms with van der Waals surface area (Å²) in [6.07, 6.45) is 7.37. The van der Waals surface area contributed by atoms with Gasteiger partial charge in [-0.2, -0.15) is 4.58 Å². The molecule has 190 valence electrons. The highest BCUT2D eigenvalue weighted by molar-refractivity contribution is 6.08. The van der Waals surface area contributed by atoms with E-state index in [0.29, 0.717) is 0 Å². The zero-order valence-corrected chi connectivity index (χ0v) is 22.6. The summed E-state index contributed by atoms with van der Waals surface area (Å²) in [6, 6.07) is 36.9. The van der Waals surface area contributed by atoms with Crippen molar-refractivity contribution in [3.8, 4) is 5.75 Å². The summed E-state index contributed by atoms with van der Waals surface area (Å²) >= 11 is 0. The maximum atomic E-state index is 6.13. The van der Waals surface area contributed by atoms with Crippen LogP contribution in [0.4, 0.5) is 11.4 Å². The SMILES string of the molecule is CN1/C(=C/C=C/C2=[N+](C)c3ccc4ccccc4c3C2(C)Cc2ccc3ccccc3c2)Oc2ccccc21. The molecule has 0 aromatic heterocycles. The van der Waals surface area contributed by atoms with Gasteiger partial charge in [-0.05, 0) is 64.7 Å². The molecule has 0 radical (unpaired) electrons. The number of hydrogen-bond donors (Lipinski definition) is 0. The monoisotopic (exact) mass is 507 g/mol. The molecule has 2 heterocycles. The van der Waals surface area contributed by atoms with Gasteiger partial charge in [0.15, 0.2) is 17.3 Å². The van der Waals surface area contributed by atoms with Gasteiger partial charge < -0.3 is 9.64 Å². The fourth-order valence-corrected chi connectivity index (χ4v) is 6.47. The van der Waals surface area contributed by atoms with Crippen LogP contribution in [0.15, 0.2) is 127 Å². The third-order valence-electron chi connectivity index (χ3n) is 8.38. The van der Waals surface area contributed by atoms with E-state index in [9.17, 15) is 0 Å². The van der Waals surface area contributed by atoms with Crippen LogP contribution in [0, 0.1) is 0 Å². The highest BCUT2D eigenvalue weighted by Crippen LogP contribution is 2.46. The van der Waals surface area contributed by atoms with Crippen molar-refractivity contribution >= 4 is 38.6 Å². The molecule has 0 amide bonds. The molecule has 0 aliphatic carbocycles. The van der Waals surface area contributed by atoms with E-state index in [-0.39, 0.29) is 5.41 Å². The van der Waals surface area contributed by atoms with Gasteiger partial charge in [0.05, 0.1) is 11.1 Å². The summed E-state index contributed by atoms with van der Waals surface area (Å²) in [4.78, 5) is 2.10. The molecule has 1 atom stereocenters. The number of fused-ring (bicyclic) bond motifs is 5. The Morgan fingerprint density at radius 1 is 0.821 bits per heavy atom. The van der Waals surface area contributed by atoms with E-state index >= 15 is 0 Å². The van der Waals surface area contributed by atoms with Gasteiger partial charge >= 0.3 is 0 Å². The number of para-hydroxylation sites is 2. The third-order valence-corrected chi connectivity index (χ3v) is 8.38. The lowest BCUT2D eigenvalue weighted by molar-refractivity contribution is -0.401. The van der Waals surface area contributed by atoms with Gasteiger partial charge in [0, 0.05) is 24.8 Å². The molecule has 1 unspecified atom stereocenters. The van der Waals surface area contributed by atoms with E-state index in [2.05, 4.69) is 127 Å². The lowest BCUT2D eigenvalue weighted by Crippen LogP contribution is -2.33. The van der Waals surface area contributed by atoms with Crippen molar-refractivity contribution in [1.29, 1.82) is 0 Å². The van der Waals surface area contributed by atoms with Crippen molar-refractivity contribution in [2.75, 3.05) is 19.0 Å². The van der Waals surface area contributed by atoms with E-state index in [1.807, 2.05) is 25.2 Å². The highest BCUT2D eigenvalue weighted by atomic mass is 16.5. The van der Waals surface area contributed by atoms with Crippen molar-refractivity contribution in [1.82, 2.24) is 0 Å². The summed E-state index contributed by atoms with van der Waals surface area (Å²) < 4.78 is 8.50. The fraction of sp³-hybridized carbons (Fsp3) is 0.139. The van der Waals surface area contributed by atoms with Gasteiger partial charge in [-0.3, -0.25) is 0 Å². The van der Waals surface area contributed by atoms with Crippen LogP contribution in [-0.4, -0.2) is 24.4 Å². The van der Waals surface area contributed by atoms with Crippen molar-refractivity contribution in [3.05, 3.63) is 138 Å². The number of benzene rings is 5. The number of anilines is 1. The predicted octanol–water partition coefficient (Wildman–Crippen LogP) is 8.15. The van der Waals surface area contributed by atoms with Gasteiger partial charge in [-0.15, -0.1) is 0 Å². The second-order valence-corrected chi connectivity index (χ2v) is 10.8. The predicted molar refractivity (Wildman–Crippen MR) is 162 cm³/mol. The van der Waals surface area contributed by atoms with Crippen LogP contribution in [0.2, 0.25) is 0 Å². The quantitative estimate of drug-likeness (QED) is 0.228. The number of nitrogens with zero attached hydrogens (tertiary/aromatic N) is 2. The zero-order chi connectivity index (χ0) is 26.6. The van der Waals surface area contributed by atoms with Gasteiger partial charge in [0.1, 0.15) is 7.05 Å². The first-order valence-electron chi connectivity index (χ1n) is 13.5. The molecule has 2 aliphatic rings. The van der Waals surface area contributed by atoms with E-state index < -0.39 is 0 Å². The van der Waals surface area contributed by atoms with E-state index in [1.54, 1.807) is 0 Å². The van der Waals surface area contributed by atoms with Gasteiger partial charge in [0.25, 0.3) is 0 Å². The first-order valence-corrected chi connectivity index (χ1v) is 13.5. The number of hydrogen-bond acceptors (Lipinski definition) is 2. The smallest absolute Gasteiger partial charge is 0.210 e. The standard InChI is InChI=1S/C36H31N2O/c1-36(24-25-19-20-26-11-4-5-13-28(26)23-25)33(17-10-18-34-38(3)30-15-8-9-16-32(30)39-34)37(2)31-22-21-27-12-6-7-14-29(27)35(31)36/h4-23H,24H2,1-3H3/q+1. The Balaban J connectivity index is 1.33. The molecule has 2 aliphatic heterocycles. The first-order chi connectivity index (χ1) is 19.0. The van der Waals surface area contributed by atoms with Crippen molar-refractivity contribution in [2.24, 2.45) is 0 Å². The number of rotatable bonds is 4. The summed E-state index contributed by atoms with van der Waals surface area (Å²) in [5, 5.41) is 5.16.